The van der Waals surface area contributed by atoms with E-state index in [9.17, 15) is 0 Å². The first kappa shape index (κ1) is 12.5. The lowest BCUT2D eigenvalue weighted by Gasteiger charge is -2.17. The number of nitrogens with one attached hydrogen (secondary N) is 2. The Labute approximate surface area is 118 Å². The lowest BCUT2D eigenvalue weighted by atomic mass is 10.1. The third kappa shape index (κ3) is 2.59. The van der Waals surface area contributed by atoms with E-state index in [0.717, 1.165) is 28.7 Å². The SMILES string of the molecule is CC(Cc1ccccc1)Nc1cc2[nH]ncc2cc1N. The van der Waals surface area contributed by atoms with Crippen LogP contribution in [0.5, 0.6) is 0 Å². The van der Waals surface area contributed by atoms with Crippen LogP contribution in [-0.2, 0) is 6.42 Å². The molecule has 3 rings (SSSR count). The average Bonchev–Trinajstić information content (AvgIpc) is 2.87. The molecule has 4 nitrogen and oxygen atoms in total. The van der Waals surface area contributed by atoms with Crippen LogP contribution in [0, 0.1) is 0 Å². The van der Waals surface area contributed by atoms with Crippen LogP contribution >= 0.6 is 0 Å². The molecule has 3 aromatic rings. The number of aromatic amines is 1. The number of nitrogens with zero attached hydrogens (tertiary/aromatic N) is 1. The van der Waals surface area contributed by atoms with E-state index in [2.05, 4.69) is 46.7 Å². The molecule has 0 fully saturated rings. The maximum Gasteiger partial charge on any atom is 0.0672 e. The third-order valence-corrected chi connectivity index (χ3v) is 3.40. The third-order valence-electron chi connectivity index (χ3n) is 3.40. The molecule has 0 saturated heterocycles. The molecule has 0 radical (unpaired) electrons. The van der Waals surface area contributed by atoms with Crippen LogP contribution < -0.4 is 11.1 Å². The Kier molecular flexibility index (Phi) is 3.29. The van der Waals surface area contributed by atoms with Crippen molar-refractivity contribution in [3.05, 3.63) is 54.2 Å². The summed E-state index contributed by atoms with van der Waals surface area (Å²) in [4.78, 5) is 0. The normalized spacial score (nSPS) is 12.4. The molecule has 20 heavy (non-hydrogen) atoms. The highest BCUT2D eigenvalue weighted by molar-refractivity contribution is 5.88. The molecule has 1 unspecified atom stereocenters. The van der Waals surface area contributed by atoms with Crippen molar-refractivity contribution in [3.8, 4) is 0 Å². The van der Waals surface area contributed by atoms with Crippen LogP contribution in [0.2, 0.25) is 0 Å². The lowest BCUT2D eigenvalue weighted by molar-refractivity contribution is 0.791. The first-order valence-electron chi connectivity index (χ1n) is 6.75. The molecule has 4 heteroatoms. The number of anilines is 2. The van der Waals surface area contributed by atoms with Crippen LogP contribution in [0.1, 0.15) is 12.5 Å². The van der Waals surface area contributed by atoms with Gasteiger partial charge in [0.05, 0.1) is 23.1 Å². The highest BCUT2D eigenvalue weighted by atomic mass is 15.1. The Morgan fingerprint density at radius 3 is 2.85 bits per heavy atom. The van der Waals surface area contributed by atoms with Crippen molar-refractivity contribution in [2.75, 3.05) is 11.1 Å². The molecule has 102 valence electrons. The average molecular weight is 266 g/mol. The minimum Gasteiger partial charge on any atom is -0.397 e. The number of nitrogens with two attached hydrogens (primary N) is 1. The summed E-state index contributed by atoms with van der Waals surface area (Å²) in [5, 5.41) is 11.5. The van der Waals surface area contributed by atoms with Gasteiger partial charge < -0.3 is 11.1 Å². The highest BCUT2D eigenvalue weighted by Crippen LogP contribution is 2.25. The van der Waals surface area contributed by atoms with Gasteiger partial charge in [-0.1, -0.05) is 30.3 Å². The van der Waals surface area contributed by atoms with Gasteiger partial charge in [-0.3, -0.25) is 5.10 Å². The number of rotatable bonds is 4. The van der Waals surface area contributed by atoms with E-state index in [0.29, 0.717) is 6.04 Å². The van der Waals surface area contributed by atoms with Crippen molar-refractivity contribution >= 4 is 22.3 Å². The van der Waals surface area contributed by atoms with Crippen LogP contribution in [0.25, 0.3) is 10.9 Å². The van der Waals surface area contributed by atoms with Gasteiger partial charge in [0.25, 0.3) is 0 Å². The summed E-state index contributed by atoms with van der Waals surface area (Å²) in [5.74, 6) is 0. The number of nitrogen functional groups attached to an aromatic ring is 1. The summed E-state index contributed by atoms with van der Waals surface area (Å²) in [6.45, 7) is 2.16. The molecule has 0 saturated carbocycles. The fourth-order valence-corrected chi connectivity index (χ4v) is 2.42. The number of aromatic nitrogens is 2. The summed E-state index contributed by atoms with van der Waals surface area (Å²) in [6, 6.07) is 14.7. The van der Waals surface area contributed by atoms with Crippen molar-refractivity contribution in [2.45, 2.75) is 19.4 Å². The fourth-order valence-electron chi connectivity index (χ4n) is 2.42. The molecule has 4 N–H and O–H groups in total. The zero-order valence-corrected chi connectivity index (χ0v) is 11.4. The second-order valence-corrected chi connectivity index (χ2v) is 5.13. The minimum absolute atomic E-state index is 0.306. The highest BCUT2D eigenvalue weighted by Gasteiger charge is 2.08. The second-order valence-electron chi connectivity index (χ2n) is 5.13. The second kappa shape index (κ2) is 5.25. The molecule has 1 heterocycles. The van der Waals surface area contributed by atoms with E-state index >= 15 is 0 Å². The molecule has 2 aromatic carbocycles. The first-order valence-corrected chi connectivity index (χ1v) is 6.75. The summed E-state index contributed by atoms with van der Waals surface area (Å²) in [5.41, 5.74) is 10.1. The van der Waals surface area contributed by atoms with Gasteiger partial charge in [-0.15, -0.1) is 0 Å². The molecule has 0 spiro atoms. The summed E-state index contributed by atoms with van der Waals surface area (Å²) in [7, 11) is 0. The first-order chi connectivity index (χ1) is 9.72. The summed E-state index contributed by atoms with van der Waals surface area (Å²) < 4.78 is 0. The quantitative estimate of drug-likeness (QED) is 0.635. The van der Waals surface area contributed by atoms with Crippen molar-refractivity contribution in [1.82, 2.24) is 10.2 Å². The van der Waals surface area contributed by atoms with E-state index in [1.165, 1.54) is 5.56 Å². The minimum atomic E-state index is 0.306. The monoisotopic (exact) mass is 266 g/mol. The van der Waals surface area contributed by atoms with Gasteiger partial charge in [-0.2, -0.15) is 5.10 Å². The predicted octanol–water partition coefficient (Wildman–Crippen LogP) is 3.19. The molecule has 1 aromatic heterocycles. The molecule has 1 atom stereocenters. The Balaban J connectivity index is 1.76. The predicted molar refractivity (Wildman–Crippen MR) is 83.7 cm³/mol. The smallest absolute Gasteiger partial charge is 0.0672 e. The van der Waals surface area contributed by atoms with E-state index in [4.69, 9.17) is 5.73 Å². The number of hydrogen-bond acceptors (Lipinski definition) is 3. The number of fused-ring (bicyclic) bond motifs is 1. The van der Waals surface area contributed by atoms with Crippen molar-refractivity contribution < 1.29 is 0 Å². The Morgan fingerprint density at radius 2 is 2.05 bits per heavy atom. The molecule has 0 aliphatic heterocycles. The van der Waals surface area contributed by atoms with E-state index in [1.54, 1.807) is 6.20 Å². The summed E-state index contributed by atoms with van der Waals surface area (Å²) in [6.07, 6.45) is 2.74. The Morgan fingerprint density at radius 1 is 1.25 bits per heavy atom. The van der Waals surface area contributed by atoms with E-state index in [-0.39, 0.29) is 0 Å². The van der Waals surface area contributed by atoms with Crippen LogP contribution in [-0.4, -0.2) is 16.2 Å². The molecule has 0 aliphatic rings. The van der Waals surface area contributed by atoms with Gasteiger partial charge >= 0.3 is 0 Å². The van der Waals surface area contributed by atoms with Crippen LogP contribution in [0.3, 0.4) is 0 Å². The van der Waals surface area contributed by atoms with Gasteiger partial charge in [-0.25, -0.2) is 0 Å². The van der Waals surface area contributed by atoms with Gasteiger partial charge in [-0.05, 0) is 31.0 Å². The van der Waals surface area contributed by atoms with Crippen LogP contribution in [0.15, 0.2) is 48.7 Å². The maximum atomic E-state index is 6.08. The van der Waals surface area contributed by atoms with E-state index in [1.807, 2.05) is 18.2 Å². The van der Waals surface area contributed by atoms with Gasteiger partial charge in [0.15, 0.2) is 0 Å². The standard InChI is InChI=1S/C16H18N4/c1-11(7-12-5-3-2-4-6-12)19-16-9-15-13(8-14(16)17)10-18-20-15/h2-6,8-11,19H,7,17H2,1H3,(H,18,20). The number of benzene rings is 2. The van der Waals surface area contributed by atoms with Gasteiger partial charge in [0.2, 0.25) is 0 Å². The Bertz CT molecular complexity index is 703. The zero-order chi connectivity index (χ0) is 13.9. The number of H-pyrrole nitrogens is 1. The number of hydrogen-bond donors (Lipinski definition) is 3. The summed E-state index contributed by atoms with van der Waals surface area (Å²) >= 11 is 0. The molecule has 0 aliphatic carbocycles. The van der Waals surface area contributed by atoms with Crippen molar-refractivity contribution in [1.29, 1.82) is 0 Å². The molecular formula is C16H18N4. The lowest BCUT2D eigenvalue weighted by Crippen LogP contribution is -2.18. The fraction of sp³-hybridized carbons (Fsp3) is 0.188. The van der Waals surface area contributed by atoms with Crippen LogP contribution in [0.4, 0.5) is 11.4 Å². The zero-order valence-electron chi connectivity index (χ0n) is 11.4. The topological polar surface area (TPSA) is 66.7 Å². The van der Waals surface area contributed by atoms with Crippen molar-refractivity contribution in [3.63, 3.8) is 0 Å². The van der Waals surface area contributed by atoms with E-state index < -0.39 is 0 Å². The van der Waals surface area contributed by atoms with Gasteiger partial charge in [0, 0.05) is 11.4 Å². The largest absolute Gasteiger partial charge is 0.397 e. The molecule has 0 bridgehead atoms. The van der Waals surface area contributed by atoms with Crippen molar-refractivity contribution in [2.24, 2.45) is 0 Å². The molecule has 0 amide bonds. The Hall–Kier alpha value is -2.49. The van der Waals surface area contributed by atoms with Gasteiger partial charge in [0.1, 0.15) is 0 Å². The maximum absolute atomic E-state index is 6.08. The molecular weight excluding hydrogens is 248 g/mol.